The van der Waals surface area contributed by atoms with E-state index in [0.717, 1.165) is 6.07 Å². The lowest BCUT2D eigenvalue weighted by atomic mass is 10.0. The van der Waals surface area contributed by atoms with Gasteiger partial charge in [0.15, 0.2) is 11.6 Å². The van der Waals surface area contributed by atoms with Crippen LogP contribution in [-0.2, 0) is 0 Å². The van der Waals surface area contributed by atoms with Gasteiger partial charge >= 0.3 is 0 Å². The molecule has 5 heteroatoms. The van der Waals surface area contributed by atoms with Crippen LogP contribution < -0.4 is 5.73 Å². The molecule has 0 aliphatic heterocycles. The molecule has 1 rings (SSSR count). The molecule has 0 saturated heterocycles. The van der Waals surface area contributed by atoms with Crippen LogP contribution in [0.3, 0.4) is 0 Å². The van der Waals surface area contributed by atoms with Crippen molar-refractivity contribution in [1.29, 1.82) is 0 Å². The van der Waals surface area contributed by atoms with Gasteiger partial charge in [-0.25, -0.2) is 4.39 Å². The van der Waals surface area contributed by atoms with Gasteiger partial charge in [0.05, 0.1) is 0 Å². The first-order valence-electron chi connectivity index (χ1n) is 4.10. The van der Waals surface area contributed by atoms with E-state index in [-0.39, 0.29) is 17.4 Å². The van der Waals surface area contributed by atoms with Gasteiger partial charge in [-0.3, -0.25) is 0 Å². The Balaban J connectivity index is 0.00000196. The van der Waals surface area contributed by atoms with Crippen molar-refractivity contribution in [3.05, 3.63) is 41.2 Å². The predicted octanol–water partition coefficient (Wildman–Crippen LogP) is 3.18. The average molecular weight is 252 g/mol. The Hall–Kier alpha value is -0.770. The zero-order valence-electron chi connectivity index (χ0n) is 7.91. The van der Waals surface area contributed by atoms with E-state index in [9.17, 15) is 9.50 Å². The molecule has 0 spiro atoms. The number of benzene rings is 1. The van der Waals surface area contributed by atoms with Crippen LogP contribution in [0.4, 0.5) is 4.39 Å². The Kier molecular flexibility index (Phi) is 5.65. The Labute approximate surface area is 99.0 Å². The lowest BCUT2D eigenvalue weighted by Gasteiger charge is -2.12. The average Bonchev–Trinajstić information content (AvgIpc) is 2.11. The van der Waals surface area contributed by atoms with Crippen LogP contribution in [0.25, 0.3) is 0 Å². The molecule has 0 saturated carbocycles. The van der Waals surface area contributed by atoms with E-state index >= 15 is 0 Å². The first-order valence-corrected chi connectivity index (χ1v) is 4.48. The standard InChI is InChI=1S/C10H11ClFNO.ClH/c1-2-3-9(13)7-4-6(11)5-8(12)10(7)14;/h2,4-5,9,14H,1,3,13H2;1H/t9-;/m0./s1. The molecule has 2 nitrogen and oxygen atoms in total. The number of aromatic hydroxyl groups is 1. The third kappa shape index (κ3) is 3.38. The van der Waals surface area contributed by atoms with Crippen LogP contribution in [0.1, 0.15) is 18.0 Å². The molecule has 1 atom stereocenters. The van der Waals surface area contributed by atoms with Crippen LogP contribution in [0.2, 0.25) is 5.02 Å². The molecule has 0 aliphatic rings. The lowest BCUT2D eigenvalue weighted by molar-refractivity contribution is 0.421. The Morgan fingerprint density at radius 1 is 1.60 bits per heavy atom. The summed E-state index contributed by atoms with van der Waals surface area (Å²) >= 11 is 5.63. The summed E-state index contributed by atoms with van der Waals surface area (Å²) in [7, 11) is 0. The fourth-order valence-electron chi connectivity index (χ4n) is 1.18. The van der Waals surface area contributed by atoms with E-state index in [1.54, 1.807) is 6.08 Å². The molecule has 0 radical (unpaired) electrons. The summed E-state index contributed by atoms with van der Waals surface area (Å²) in [6.45, 7) is 3.51. The van der Waals surface area contributed by atoms with Crippen LogP contribution in [0, 0.1) is 5.82 Å². The van der Waals surface area contributed by atoms with Gasteiger partial charge in [0.1, 0.15) is 0 Å². The summed E-state index contributed by atoms with van der Waals surface area (Å²) < 4.78 is 13.0. The maximum absolute atomic E-state index is 13.0. The minimum atomic E-state index is -0.757. The first-order chi connectivity index (χ1) is 6.56. The number of rotatable bonds is 3. The van der Waals surface area contributed by atoms with Gasteiger partial charge in [-0.15, -0.1) is 19.0 Å². The summed E-state index contributed by atoms with van der Waals surface area (Å²) in [5.74, 6) is -1.20. The second-order valence-electron chi connectivity index (χ2n) is 2.96. The van der Waals surface area contributed by atoms with Crippen molar-refractivity contribution in [2.75, 3.05) is 0 Å². The number of nitrogens with two attached hydrogens (primary N) is 1. The highest BCUT2D eigenvalue weighted by molar-refractivity contribution is 6.30. The molecule has 1 aromatic carbocycles. The van der Waals surface area contributed by atoms with Crippen molar-refractivity contribution in [2.45, 2.75) is 12.5 Å². The zero-order chi connectivity index (χ0) is 10.7. The van der Waals surface area contributed by atoms with Crippen molar-refractivity contribution in [2.24, 2.45) is 5.73 Å². The van der Waals surface area contributed by atoms with Crippen LogP contribution in [0.15, 0.2) is 24.8 Å². The summed E-state index contributed by atoms with van der Waals surface area (Å²) in [4.78, 5) is 0. The molecule has 0 unspecified atom stereocenters. The van der Waals surface area contributed by atoms with E-state index in [4.69, 9.17) is 17.3 Å². The number of halogens is 3. The van der Waals surface area contributed by atoms with Crippen molar-refractivity contribution in [1.82, 2.24) is 0 Å². The van der Waals surface area contributed by atoms with Crippen LogP contribution >= 0.6 is 24.0 Å². The molecule has 1 aromatic rings. The molecule has 0 heterocycles. The molecule has 0 bridgehead atoms. The van der Waals surface area contributed by atoms with E-state index in [1.807, 2.05) is 0 Å². The lowest BCUT2D eigenvalue weighted by Crippen LogP contribution is -2.09. The Morgan fingerprint density at radius 3 is 2.73 bits per heavy atom. The number of hydrogen-bond acceptors (Lipinski definition) is 2. The van der Waals surface area contributed by atoms with Gasteiger partial charge in [-0.1, -0.05) is 17.7 Å². The monoisotopic (exact) mass is 251 g/mol. The van der Waals surface area contributed by atoms with Crippen molar-refractivity contribution < 1.29 is 9.50 Å². The quantitative estimate of drug-likeness (QED) is 0.811. The summed E-state index contributed by atoms with van der Waals surface area (Å²) in [5.41, 5.74) is 5.99. The fourth-order valence-corrected chi connectivity index (χ4v) is 1.39. The molecule has 3 N–H and O–H groups in total. The van der Waals surface area contributed by atoms with Gasteiger partial charge in [-0.2, -0.15) is 0 Å². The normalized spacial score (nSPS) is 11.7. The van der Waals surface area contributed by atoms with Gasteiger partial charge in [0, 0.05) is 16.6 Å². The molecule has 84 valence electrons. The second-order valence-corrected chi connectivity index (χ2v) is 3.39. The summed E-state index contributed by atoms with van der Waals surface area (Å²) in [6, 6.07) is 2.01. The third-order valence-corrected chi connectivity index (χ3v) is 2.10. The first kappa shape index (κ1) is 14.2. The maximum Gasteiger partial charge on any atom is 0.166 e. The van der Waals surface area contributed by atoms with E-state index in [1.165, 1.54) is 6.07 Å². The van der Waals surface area contributed by atoms with E-state index in [2.05, 4.69) is 6.58 Å². The molecular formula is C10H12Cl2FNO. The van der Waals surface area contributed by atoms with Gasteiger partial charge in [-0.05, 0) is 18.6 Å². The van der Waals surface area contributed by atoms with E-state index < -0.39 is 17.6 Å². The number of hydrogen-bond donors (Lipinski definition) is 2. The summed E-state index contributed by atoms with van der Waals surface area (Å²) in [5, 5.41) is 9.59. The molecular weight excluding hydrogens is 240 g/mol. The van der Waals surface area contributed by atoms with Crippen molar-refractivity contribution in [3.8, 4) is 5.75 Å². The highest BCUT2D eigenvalue weighted by Gasteiger charge is 2.14. The highest BCUT2D eigenvalue weighted by atomic mass is 35.5. The largest absolute Gasteiger partial charge is 0.505 e. The minimum absolute atomic E-state index is 0. The van der Waals surface area contributed by atoms with Crippen LogP contribution in [-0.4, -0.2) is 5.11 Å². The zero-order valence-corrected chi connectivity index (χ0v) is 9.48. The third-order valence-electron chi connectivity index (χ3n) is 1.88. The molecule has 0 aromatic heterocycles. The molecule has 15 heavy (non-hydrogen) atoms. The molecule has 0 amide bonds. The maximum atomic E-state index is 13.0. The molecule has 0 fully saturated rings. The van der Waals surface area contributed by atoms with E-state index in [0.29, 0.717) is 12.0 Å². The fraction of sp³-hybridized carbons (Fsp3) is 0.200. The second kappa shape index (κ2) is 5.95. The van der Waals surface area contributed by atoms with Crippen molar-refractivity contribution in [3.63, 3.8) is 0 Å². The predicted molar refractivity (Wildman–Crippen MR) is 62.1 cm³/mol. The van der Waals surface area contributed by atoms with Crippen LogP contribution in [0.5, 0.6) is 5.75 Å². The Morgan fingerprint density at radius 2 is 2.20 bits per heavy atom. The smallest absolute Gasteiger partial charge is 0.166 e. The van der Waals surface area contributed by atoms with Gasteiger partial charge < -0.3 is 10.8 Å². The van der Waals surface area contributed by atoms with Gasteiger partial charge in [0.2, 0.25) is 0 Å². The topological polar surface area (TPSA) is 46.2 Å². The Bertz CT molecular complexity index is 358. The van der Waals surface area contributed by atoms with Gasteiger partial charge in [0.25, 0.3) is 0 Å². The highest BCUT2D eigenvalue weighted by Crippen LogP contribution is 2.30. The van der Waals surface area contributed by atoms with Crippen molar-refractivity contribution >= 4 is 24.0 Å². The summed E-state index contributed by atoms with van der Waals surface area (Å²) in [6.07, 6.45) is 2.05. The number of phenols is 1. The molecule has 0 aliphatic carbocycles. The SMILES string of the molecule is C=CC[C@H](N)c1cc(Cl)cc(F)c1O.Cl. The minimum Gasteiger partial charge on any atom is -0.505 e. The number of phenolic OH excluding ortho intramolecular Hbond substituents is 1.